The molecule has 1 heterocycles. The van der Waals surface area contributed by atoms with Gasteiger partial charge in [0.2, 0.25) is 5.91 Å². The summed E-state index contributed by atoms with van der Waals surface area (Å²) in [5.41, 5.74) is 2.68. The van der Waals surface area contributed by atoms with E-state index in [9.17, 15) is 18.0 Å². The highest BCUT2D eigenvalue weighted by Gasteiger charge is 2.26. The van der Waals surface area contributed by atoms with Crippen LogP contribution in [0.4, 0.5) is 10.5 Å². The van der Waals surface area contributed by atoms with E-state index in [0.717, 1.165) is 16.8 Å². The minimum absolute atomic E-state index is 0.201. The fraction of sp³-hybridized carbons (Fsp3) is 0.261. The molecule has 3 rings (SSSR count). The molecule has 35 heavy (non-hydrogen) atoms. The molecule has 0 aliphatic rings. The number of benzene rings is 2. The van der Waals surface area contributed by atoms with Crippen LogP contribution in [0.15, 0.2) is 60.0 Å². The van der Waals surface area contributed by atoms with Crippen molar-refractivity contribution in [3.63, 3.8) is 0 Å². The number of thiazole rings is 1. The van der Waals surface area contributed by atoms with E-state index in [-0.39, 0.29) is 12.1 Å². The molecule has 2 aromatic carbocycles. The highest BCUT2D eigenvalue weighted by atomic mass is 32.2. The molecule has 0 saturated heterocycles. The largest absolute Gasteiger partial charge is 0.453 e. The Labute approximate surface area is 207 Å². The first kappa shape index (κ1) is 26.1. The zero-order valence-corrected chi connectivity index (χ0v) is 20.7. The van der Waals surface area contributed by atoms with E-state index in [0.29, 0.717) is 11.4 Å². The summed E-state index contributed by atoms with van der Waals surface area (Å²) in [4.78, 5) is 29.7. The van der Waals surface area contributed by atoms with Crippen molar-refractivity contribution in [1.82, 2.24) is 15.6 Å². The van der Waals surface area contributed by atoms with Gasteiger partial charge in [0, 0.05) is 17.5 Å². The second-order valence-electron chi connectivity index (χ2n) is 7.74. The summed E-state index contributed by atoms with van der Waals surface area (Å²) in [5, 5.41) is 8.14. The van der Waals surface area contributed by atoms with Gasteiger partial charge in [-0.25, -0.2) is 9.78 Å². The Kier molecular flexibility index (Phi) is 8.79. The maximum absolute atomic E-state index is 13.3. The summed E-state index contributed by atoms with van der Waals surface area (Å²) in [6, 6.07) is 14.3. The fourth-order valence-electron chi connectivity index (χ4n) is 3.36. The van der Waals surface area contributed by atoms with E-state index in [1.165, 1.54) is 30.6 Å². The lowest BCUT2D eigenvalue weighted by Gasteiger charge is -2.22. The third-order valence-electron chi connectivity index (χ3n) is 4.97. The zero-order chi connectivity index (χ0) is 25.4. The van der Waals surface area contributed by atoms with Crippen LogP contribution in [-0.2, 0) is 32.7 Å². The molecule has 0 bridgehead atoms. The van der Waals surface area contributed by atoms with Gasteiger partial charge in [-0.05, 0) is 36.6 Å². The smallest absolute Gasteiger partial charge is 0.407 e. The van der Waals surface area contributed by atoms with Crippen LogP contribution >= 0.6 is 11.3 Å². The van der Waals surface area contributed by atoms with Gasteiger partial charge in [-0.3, -0.25) is 14.1 Å². The molecule has 3 aromatic rings. The monoisotopic (exact) mass is 518 g/mol. The first-order chi connectivity index (χ1) is 16.6. The van der Waals surface area contributed by atoms with E-state index < -0.39 is 34.4 Å². The van der Waals surface area contributed by atoms with Gasteiger partial charge >= 0.3 is 16.4 Å². The number of hydrogen-bond donors (Lipinski definition) is 4. The van der Waals surface area contributed by atoms with Crippen molar-refractivity contribution >= 4 is 39.3 Å². The Morgan fingerprint density at radius 2 is 1.69 bits per heavy atom. The zero-order valence-electron chi connectivity index (χ0n) is 19.1. The molecule has 4 N–H and O–H groups in total. The molecule has 2 unspecified atom stereocenters. The summed E-state index contributed by atoms with van der Waals surface area (Å²) in [6.07, 6.45) is -0.0904. The molecular weight excluding hydrogens is 492 g/mol. The minimum atomic E-state index is -4.38. The van der Waals surface area contributed by atoms with Crippen LogP contribution in [0.1, 0.15) is 27.9 Å². The summed E-state index contributed by atoms with van der Waals surface area (Å²) < 4.78 is 37.7. The molecule has 0 aliphatic heterocycles. The van der Waals surface area contributed by atoms with Gasteiger partial charge in [0.15, 0.2) is 0 Å². The minimum Gasteiger partial charge on any atom is -0.453 e. The van der Waals surface area contributed by atoms with E-state index in [2.05, 4.69) is 15.6 Å². The Morgan fingerprint density at radius 3 is 2.26 bits per heavy atom. The van der Waals surface area contributed by atoms with Crippen LogP contribution in [-0.4, -0.2) is 43.1 Å². The van der Waals surface area contributed by atoms with Crippen molar-refractivity contribution in [1.29, 1.82) is 0 Å². The van der Waals surface area contributed by atoms with Crippen molar-refractivity contribution in [3.05, 3.63) is 81.8 Å². The second-order valence-corrected chi connectivity index (χ2v) is 9.79. The molecule has 0 radical (unpaired) electrons. The lowest BCUT2D eigenvalue weighted by molar-refractivity contribution is -0.123. The number of ether oxygens (including phenoxy) is 1. The number of amides is 2. The first-order valence-electron chi connectivity index (χ1n) is 10.6. The van der Waals surface area contributed by atoms with Crippen LogP contribution in [0.25, 0.3) is 0 Å². The van der Waals surface area contributed by atoms with Gasteiger partial charge in [-0.1, -0.05) is 42.5 Å². The molecule has 10 nitrogen and oxygen atoms in total. The van der Waals surface area contributed by atoms with E-state index >= 15 is 0 Å². The number of carbonyl (C=O) groups excluding carboxylic acids is 2. The number of carbonyl (C=O) groups is 2. The van der Waals surface area contributed by atoms with Crippen LogP contribution in [0.5, 0.6) is 0 Å². The fourth-order valence-corrected chi connectivity index (χ4v) is 4.64. The maximum Gasteiger partial charge on any atom is 0.407 e. The molecule has 0 aliphatic carbocycles. The SMILES string of the molecule is COC(=O)NC(Cc1ccccc1)C(=O)NC(Cc1ccc(NS(=O)(=O)O)cc1)c1nc(C)cs1. The Bertz CT molecular complexity index is 1250. The van der Waals surface area contributed by atoms with Crippen LogP contribution in [0, 0.1) is 6.92 Å². The van der Waals surface area contributed by atoms with Gasteiger partial charge in [0.05, 0.1) is 18.8 Å². The number of anilines is 1. The van der Waals surface area contributed by atoms with Crippen molar-refractivity contribution in [2.24, 2.45) is 0 Å². The van der Waals surface area contributed by atoms with Gasteiger partial charge < -0.3 is 15.4 Å². The second kappa shape index (κ2) is 11.8. The predicted molar refractivity (Wildman–Crippen MR) is 133 cm³/mol. The lowest BCUT2D eigenvalue weighted by atomic mass is 10.0. The molecule has 12 heteroatoms. The number of methoxy groups -OCH3 is 1. The number of nitrogens with zero attached hydrogens (tertiary/aromatic N) is 1. The molecule has 1 aromatic heterocycles. The standard InChI is InChI=1S/C23H26N4O6S2/c1-15-14-34-22(24-15)20(13-17-8-10-18(11-9-17)27-35(30,31)32)25-21(28)19(26-23(29)33-2)12-16-6-4-3-5-7-16/h3-11,14,19-20,27H,12-13H2,1-2H3,(H,25,28)(H,26,29)(H,30,31,32). The highest BCUT2D eigenvalue weighted by Crippen LogP contribution is 2.23. The van der Waals surface area contributed by atoms with E-state index in [1.807, 2.05) is 47.4 Å². The van der Waals surface area contributed by atoms with Gasteiger partial charge in [-0.2, -0.15) is 8.42 Å². The summed E-state index contributed by atoms with van der Waals surface area (Å²) >= 11 is 1.40. The normalized spacial score (nSPS) is 12.9. The number of hydrogen-bond acceptors (Lipinski definition) is 7. The van der Waals surface area contributed by atoms with Crippen molar-refractivity contribution in [2.45, 2.75) is 31.8 Å². The summed E-state index contributed by atoms with van der Waals surface area (Å²) in [7, 11) is -3.15. The van der Waals surface area contributed by atoms with Gasteiger partial charge in [0.1, 0.15) is 11.0 Å². The van der Waals surface area contributed by atoms with Crippen LogP contribution in [0.2, 0.25) is 0 Å². The van der Waals surface area contributed by atoms with Gasteiger partial charge in [0.25, 0.3) is 0 Å². The number of aryl methyl sites for hydroxylation is 1. The first-order valence-corrected chi connectivity index (χ1v) is 12.9. The lowest BCUT2D eigenvalue weighted by Crippen LogP contribution is -2.49. The number of rotatable bonds is 10. The van der Waals surface area contributed by atoms with Crippen LogP contribution < -0.4 is 15.4 Å². The third-order valence-corrected chi connectivity index (χ3v) is 6.54. The average molecular weight is 519 g/mol. The quantitative estimate of drug-likeness (QED) is 0.302. The molecule has 2 amide bonds. The Morgan fingerprint density at radius 1 is 1.03 bits per heavy atom. The van der Waals surface area contributed by atoms with Crippen LogP contribution in [0.3, 0.4) is 0 Å². The number of nitrogens with one attached hydrogen (secondary N) is 3. The molecule has 186 valence electrons. The molecule has 2 atom stereocenters. The van der Waals surface area contributed by atoms with Gasteiger partial charge in [-0.15, -0.1) is 11.3 Å². The van der Waals surface area contributed by atoms with Crippen molar-refractivity contribution < 1.29 is 27.3 Å². The van der Waals surface area contributed by atoms with Crippen molar-refractivity contribution in [2.75, 3.05) is 11.8 Å². The predicted octanol–water partition coefficient (Wildman–Crippen LogP) is 3.03. The van der Waals surface area contributed by atoms with E-state index in [4.69, 9.17) is 9.29 Å². The Hall–Kier alpha value is -3.48. The topological polar surface area (TPSA) is 147 Å². The molecule has 0 saturated carbocycles. The highest BCUT2D eigenvalue weighted by molar-refractivity contribution is 7.87. The van der Waals surface area contributed by atoms with Crippen molar-refractivity contribution in [3.8, 4) is 0 Å². The third kappa shape index (κ3) is 8.35. The summed E-state index contributed by atoms with van der Waals surface area (Å²) in [6.45, 7) is 1.85. The summed E-state index contributed by atoms with van der Waals surface area (Å²) in [5.74, 6) is -0.401. The number of alkyl carbamates (subject to hydrolysis) is 1. The molecular formula is C23H26N4O6S2. The maximum atomic E-state index is 13.3. The number of aromatic nitrogens is 1. The van der Waals surface area contributed by atoms with E-state index in [1.54, 1.807) is 12.1 Å². The molecule has 0 fully saturated rings. The Balaban J connectivity index is 1.80. The molecule has 0 spiro atoms. The average Bonchev–Trinajstić information content (AvgIpc) is 3.25.